The van der Waals surface area contributed by atoms with E-state index in [1.165, 1.54) is 0 Å². The maximum atomic E-state index is 13.3. The molecule has 0 radical (unpaired) electrons. The van der Waals surface area contributed by atoms with Crippen LogP contribution in [-0.4, -0.2) is 93.6 Å². The Bertz CT molecular complexity index is 1010. The SMILES string of the molecule is Cn1cc(C(=O)N2CCN(Cc3ccco3)CC2)c(C(=O)N2CCN(Cc3ccco3)CC2)n1. The second-order valence-corrected chi connectivity index (χ2v) is 8.86. The topological polar surface area (TPSA) is 91.2 Å². The van der Waals surface area contributed by atoms with E-state index in [0.29, 0.717) is 31.7 Å². The number of piperazine rings is 2. The van der Waals surface area contributed by atoms with Crippen LogP contribution in [0.4, 0.5) is 0 Å². The van der Waals surface area contributed by atoms with E-state index in [1.54, 1.807) is 35.4 Å². The van der Waals surface area contributed by atoms with Crippen LogP contribution in [0.1, 0.15) is 32.4 Å². The first-order valence-corrected chi connectivity index (χ1v) is 11.7. The van der Waals surface area contributed by atoms with Crippen LogP contribution in [0.3, 0.4) is 0 Å². The summed E-state index contributed by atoms with van der Waals surface area (Å²) in [7, 11) is 1.75. The maximum absolute atomic E-state index is 13.3. The molecule has 180 valence electrons. The zero-order valence-electron chi connectivity index (χ0n) is 19.4. The van der Waals surface area contributed by atoms with Gasteiger partial charge in [0.15, 0.2) is 5.69 Å². The molecule has 10 nitrogen and oxygen atoms in total. The van der Waals surface area contributed by atoms with Crippen LogP contribution in [0.2, 0.25) is 0 Å². The lowest BCUT2D eigenvalue weighted by molar-refractivity contribution is 0.0579. The molecule has 0 N–H and O–H groups in total. The number of carbonyl (C=O) groups is 2. The lowest BCUT2D eigenvalue weighted by atomic mass is 10.1. The average molecular weight is 467 g/mol. The van der Waals surface area contributed by atoms with Crippen molar-refractivity contribution in [3.63, 3.8) is 0 Å². The van der Waals surface area contributed by atoms with Gasteiger partial charge in [-0.2, -0.15) is 5.10 Å². The van der Waals surface area contributed by atoms with Crippen molar-refractivity contribution in [3.05, 3.63) is 65.8 Å². The number of furan rings is 2. The third kappa shape index (κ3) is 4.92. The second-order valence-electron chi connectivity index (χ2n) is 8.86. The molecule has 0 atom stereocenters. The summed E-state index contributed by atoms with van der Waals surface area (Å²) >= 11 is 0. The van der Waals surface area contributed by atoms with Gasteiger partial charge in [0, 0.05) is 65.6 Å². The molecule has 0 bridgehead atoms. The summed E-state index contributed by atoms with van der Waals surface area (Å²) in [5, 5.41) is 4.37. The van der Waals surface area contributed by atoms with Crippen LogP contribution in [0.25, 0.3) is 0 Å². The number of rotatable bonds is 6. The Kier molecular flexibility index (Phi) is 6.50. The van der Waals surface area contributed by atoms with Crippen molar-refractivity contribution in [1.82, 2.24) is 29.4 Å². The summed E-state index contributed by atoms with van der Waals surface area (Å²) < 4.78 is 12.4. The number of nitrogens with zero attached hydrogens (tertiary/aromatic N) is 6. The fraction of sp³-hybridized carbons (Fsp3) is 0.458. The lowest BCUT2D eigenvalue weighted by Gasteiger charge is -2.35. The predicted octanol–water partition coefficient (Wildman–Crippen LogP) is 1.52. The van der Waals surface area contributed by atoms with Gasteiger partial charge >= 0.3 is 0 Å². The molecule has 3 aromatic rings. The normalized spacial score (nSPS) is 17.9. The van der Waals surface area contributed by atoms with E-state index in [1.807, 2.05) is 29.2 Å². The number of carbonyl (C=O) groups excluding carboxylic acids is 2. The summed E-state index contributed by atoms with van der Waals surface area (Å²) in [4.78, 5) is 34.7. The van der Waals surface area contributed by atoms with Crippen molar-refractivity contribution < 1.29 is 18.4 Å². The second kappa shape index (κ2) is 9.86. The number of hydrogen-bond acceptors (Lipinski definition) is 7. The van der Waals surface area contributed by atoms with Gasteiger partial charge in [0.2, 0.25) is 0 Å². The zero-order chi connectivity index (χ0) is 23.5. The highest BCUT2D eigenvalue weighted by molar-refractivity contribution is 6.06. The van der Waals surface area contributed by atoms with E-state index >= 15 is 0 Å². The molecule has 5 rings (SSSR count). The number of hydrogen-bond donors (Lipinski definition) is 0. The van der Waals surface area contributed by atoms with Crippen LogP contribution >= 0.6 is 0 Å². The molecule has 0 unspecified atom stereocenters. The van der Waals surface area contributed by atoms with E-state index < -0.39 is 0 Å². The van der Waals surface area contributed by atoms with Crippen LogP contribution in [0.15, 0.2) is 51.8 Å². The van der Waals surface area contributed by atoms with Crippen molar-refractivity contribution in [2.75, 3.05) is 52.4 Å². The third-order valence-corrected chi connectivity index (χ3v) is 6.50. The van der Waals surface area contributed by atoms with E-state index in [-0.39, 0.29) is 17.5 Å². The van der Waals surface area contributed by atoms with E-state index in [0.717, 1.165) is 50.8 Å². The quantitative estimate of drug-likeness (QED) is 0.544. The Balaban J connectivity index is 1.18. The summed E-state index contributed by atoms with van der Waals surface area (Å²) in [6, 6.07) is 7.69. The van der Waals surface area contributed by atoms with Gasteiger partial charge in [0.25, 0.3) is 11.8 Å². The molecule has 2 fully saturated rings. The molecular weight excluding hydrogens is 436 g/mol. The largest absolute Gasteiger partial charge is 0.468 e. The third-order valence-electron chi connectivity index (χ3n) is 6.50. The van der Waals surface area contributed by atoms with Crippen LogP contribution in [-0.2, 0) is 20.1 Å². The van der Waals surface area contributed by atoms with Crippen LogP contribution in [0.5, 0.6) is 0 Å². The average Bonchev–Trinajstić information content (AvgIpc) is 3.62. The van der Waals surface area contributed by atoms with Gasteiger partial charge in [-0.25, -0.2) is 0 Å². The monoisotopic (exact) mass is 466 g/mol. The molecule has 2 aliphatic heterocycles. The van der Waals surface area contributed by atoms with E-state index in [4.69, 9.17) is 8.83 Å². The standard InChI is InChI=1S/C24H30N6O4/c1-26-18-21(23(31)29-10-6-27(7-11-29)16-19-4-2-14-33-19)22(25-26)24(32)30-12-8-28(9-13-30)17-20-5-3-15-34-20/h2-5,14-15,18H,6-13,16-17H2,1H3. The molecule has 5 heterocycles. The summed E-state index contributed by atoms with van der Waals surface area (Å²) in [5.74, 6) is 1.52. The van der Waals surface area contributed by atoms with E-state index in [9.17, 15) is 9.59 Å². The molecule has 2 aliphatic rings. The maximum Gasteiger partial charge on any atom is 0.275 e. The van der Waals surface area contributed by atoms with Gasteiger partial charge < -0.3 is 18.6 Å². The molecule has 2 amide bonds. The van der Waals surface area contributed by atoms with Crippen molar-refractivity contribution in [1.29, 1.82) is 0 Å². The molecule has 3 aromatic heterocycles. The van der Waals surface area contributed by atoms with Crippen LogP contribution in [0, 0.1) is 0 Å². The summed E-state index contributed by atoms with van der Waals surface area (Å²) in [6.45, 7) is 6.87. The molecule has 0 aliphatic carbocycles. The van der Waals surface area contributed by atoms with Gasteiger partial charge in [-0.15, -0.1) is 0 Å². The van der Waals surface area contributed by atoms with Gasteiger partial charge in [0.1, 0.15) is 11.5 Å². The fourth-order valence-corrected chi connectivity index (χ4v) is 4.59. The van der Waals surface area contributed by atoms with Gasteiger partial charge in [-0.1, -0.05) is 0 Å². The molecular formula is C24H30N6O4. The van der Waals surface area contributed by atoms with E-state index in [2.05, 4.69) is 14.9 Å². The molecule has 0 saturated carbocycles. The summed E-state index contributed by atoms with van der Waals surface area (Å²) in [6.07, 6.45) is 5.01. The minimum atomic E-state index is -0.182. The van der Waals surface area contributed by atoms with Crippen molar-refractivity contribution in [2.45, 2.75) is 13.1 Å². The van der Waals surface area contributed by atoms with Crippen LogP contribution < -0.4 is 0 Å². The smallest absolute Gasteiger partial charge is 0.275 e. The van der Waals surface area contributed by atoms with Gasteiger partial charge in [0.05, 0.1) is 31.2 Å². The molecule has 34 heavy (non-hydrogen) atoms. The minimum absolute atomic E-state index is 0.134. The minimum Gasteiger partial charge on any atom is -0.468 e. The number of aryl methyl sites for hydroxylation is 1. The Morgan fingerprint density at radius 2 is 1.29 bits per heavy atom. The van der Waals surface area contributed by atoms with Gasteiger partial charge in [-0.05, 0) is 24.3 Å². The molecule has 0 aromatic carbocycles. The Morgan fingerprint density at radius 3 is 1.76 bits per heavy atom. The first-order chi connectivity index (χ1) is 16.6. The number of amides is 2. The Hall–Kier alpha value is -3.37. The molecule has 10 heteroatoms. The van der Waals surface area contributed by atoms with Crippen molar-refractivity contribution in [3.8, 4) is 0 Å². The highest BCUT2D eigenvalue weighted by Crippen LogP contribution is 2.17. The first kappa shape index (κ1) is 22.4. The predicted molar refractivity (Wildman–Crippen MR) is 123 cm³/mol. The Labute approximate surface area is 198 Å². The van der Waals surface area contributed by atoms with Crippen molar-refractivity contribution in [2.24, 2.45) is 7.05 Å². The van der Waals surface area contributed by atoms with Gasteiger partial charge in [-0.3, -0.25) is 24.1 Å². The molecule has 2 saturated heterocycles. The highest BCUT2D eigenvalue weighted by Gasteiger charge is 2.31. The lowest BCUT2D eigenvalue weighted by Crippen LogP contribution is -2.50. The number of aromatic nitrogens is 2. The fourth-order valence-electron chi connectivity index (χ4n) is 4.59. The zero-order valence-corrected chi connectivity index (χ0v) is 19.4. The summed E-state index contributed by atoms with van der Waals surface area (Å²) in [5.41, 5.74) is 0.620. The highest BCUT2D eigenvalue weighted by atomic mass is 16.3. The first-order valence-electron chi connectivity index (χ1n) is 11.7. The van der Waals surface area contributed by atoms with Crippen molar-refractivity contribution >= 4 is 11.8 Å². The molecule has 0 spiro atoms. The Morgan fingerprint density at radius 1 is 0.794 bits per heavy atom.